The standard InChI is InChI=1S/C5H5N5O2/c11-4-8-9-5(12)10(4)3-1-2-6-7-3/h1-2H,(H,6,7)(H,8,11)(H,9,12). The summed E-state index contributed by atoms with van der Waals surface area (Å²) < 4.78 is 0.910. The summed E-state index contributed by atoms with van der Waals surface area (Å²) >= 11 is 0. The Morgan fingerprint density at radius 2 is 1.92 bits per heavy atom. The minimum absolute atomic E-state index is 0.336. The second-order valence-electron chi connectivity index (χ2n) is 2.14. The van der Waals surface area contributed by atoms with Crippen molar-refractivity contribution in [3.63, 3.8) is 0 Å². The number of rotatable bonds is 1. The minimum Gasteiger partial charge on any atom is -0.262 e. The minimum atomic E-state index is -0.524. The summed E-state index contributed by atoms with van der Waals surface area (Å²) in [5, 5.41) is 10.4. The summed E-state index contributed by atoms with van der Waals surface area (Å²) in [5.41, 5.74) is -1.05. The first-order chi connectivity index (χ1) is 5.79. The molecule has 0 aliphatic heterocycles. The number of nitrogens with zero attached hydrogens (tertiary/aromatic N) is 2. The molecule has 2 aromatic rings. The summed E-state index contributed by atoms with van der Waals surface area (Å²) in [6.07, 6.45) is 1.45. The zero-order chi connectivity index (χ0) is 8.55. The van der Waals surface area contributed by atoms with E-state index in [2.05, 4.69) is 20.4 Å². The molecule has 0 amide bonds. The van der Waals surface area contributed by atoms with Gasteiger partial charge < -0.3 is 0 Å². The third-order valence-electron chi connectivity index (χ3n) is 1.41. The van der Waals surface area contributed by atoms with Crippen LogP contribution < -0.4 is 11.4 Å². The maximum absolute atomic E-state index is 11.0. The molecule has 0 fully saturated rings. The van der Waals surface area contributed by atoms with Crippen LogP contribution in [0, 0.1) is 0 Å². The molecule has 0 atom stereocenters. The molecule has 0 saturated carbocycles. The van der Waals surface area contributed by atoms with E-state index in [1.54, 1.807) is 0 Å². The second-order valence-corrected chi connectivity index (χ2v) is 2.14. The lowest BCUT2D eigenvalue weighted by Gasteiger charge is -1.89. The van der Waals surface area contributed by atoms with Crippen LogP contribution in [0.4, 0.5) is 0 Å². The molecule has 12 heavy (non-hydrogen) atoms. The Morgan fingerprint density at radius 3 is 2.42 bits per heavy atom. The number of aromatic nitrogens is 5. The van der Waals surface area contributed by atoms with Crippen LogP contribution in [0.1, 0.15) is 0 Å². The van der Waals surface area contributed by atoms with Crippen LogP contribution in [0.5, 0.6) is 0 Å². The Kier molecular flexibility index (Phi) is 1.23. The van der Waals surface area contributed by atoms with Gasteiger partial charge in [-0.15, -0.1) is 0 Å². The van der Waals surface area contributed by atoms with E-state index < -0.39 is 11.4 Å². The normalized spacial score (nSPS) is 10.3. The highest BCUT2D eigenvalue weighted by molar-refractivity contribution is 5.17. The zero-order valence-corrected chi connectivity index (χ0v) is 5.87. The van der Waals surface area contributed by atoms with E-state index in [1.807, 2.05) is 0 Å². The number of hydrogen-bond acceptors (Lipinski definition) is 3. The molecule has 0 aromatic carbocycles. The van der Waals surface area contributed by atoms with Gasteiger partial charge in [-0.1, -0.05) is 0 Å². The van der Waals surface area contributed by atoms with Crippen molar-refractivity contribution in [2.75, 3.05) is 0 Å². The van der Waals surface area contributed by atoms with E-state index >= 15 is 0 Å². The summed E-state index contributed by atoms with van der Waals surface area (Å²) in [5.74, 6) is 0.336. The van der Waals surface area contributed by atoms with Gasteiger partial charge in [0.25, 0.3) is 0 Å². The van der Waals surface area contributed by atoms with Gasteiger partial charge >= 0.3 is 11.4 Å². The van der Waals surface area contributed by atoms with Crippen molar-refractivity contribution >= 4 is 0 Å². The molecule has 0 spiro atoms. The average Bonchev–Trinajstić information content (AvgIpc) is 2.61. The van der Waals surface area contributed by atoms with E-state index in [0.29, 0.717) is 5.82 Å². The largest absolute Gasteiger partial charge is 0.350 e. The highest BCUT2D eigenvalue weighted by Gasteiger charge is 2.05. The van der Waals surface area contributed by atoms with Gasteiger partial charge in [0.2, 0.25) is 0 Å². The van der Waals surface area contributed by atoms with Gasteiger partial charge in [0.05, 0.1) is 6.20 Å². The van der Waals surface area contributed by atoms with Crippen molar-refractivity contribution < 1.29 is 0 Å². The first kappa shape index (κ1) is 6.65. The molecular weight excluding hydrogens is 162 g/mol. The summed E-state index contributed by atoms with van der Waals surface area (Å²) in [6.45, 7) is 0. The van der Waals surface area contributed by atoms with Crippen LogP contribution >= 0.6 is 0 Å². The van der Waals surface area contributed by atoms with Gasteiger partial charge in [0.15, 0.2) is 0 Å². The maximum atomic E-state index is 11.0. The SMILES string of the molecule is O=c1[nH][nH]c(=O)n1-c1ccn[nH]1. The van der Waals surface area contributed by atoms with E-state index in [-0.39, 0.29) is 0 Å². The number of H-pyrrole nitrogens is 3. The van der Waals surface area contributed by atoms with E-state index in [4.69, 9.17) is 0 Å². The van der Waals surface area contributed by atoms with Crippen LogP contribution in [0.2, 0.25) is 0 Å². The lowest BCUT2D eigenvalue weighted by atomic mass is 10.6. The fourth-order valence-electron chi connectivity index (χ4n) is 0.903. The van der Waals surface area contributed by atoms with Crippen molar-refractivity contribution in [3.05, 3.63) is 33.2 Å². The predicted octanol–water partition coefficient (Wildman–Crippen LogP) is -1.42. The highest BCUT2D eigenvalue weighted by atomic mass is 16.2. The van der Waals surface area contributed by atoms with Crippen LogP contribution in [0.15, 0.2) is 21.9 Å². The predicted molar refractivity (Wildman–Crippen MR) is 39.2 cm³/mol. The Bertz CT molecular complexity index is 445. The maximum Gasteiger partial charge on any atom is 0.350 e. The van der Waals surface area contributed by atoms with Gasteiger partial charge in [-0.3, -0.25) is 5.10 Å². The number of aromatic amines is 3. The molecule has 0 aliphatic rings. The summed E-state index contributed by atoms with van der Waals surface area (Å²) in [4.78, 5) is 21.9. The van der Waals surface area contributed by atoms with Crippen molar-refractivity contribution in [1.82, 2.24) is 25.0 Å². The number of hydrogen-bond donors (Lipinski definition) is 3. The monoisotopic (exact) mass is 167 g/mol. The van der Waals surface area contributed by atoms with Gasteiger partial charge in [0.1, 0.15) is 5.82 Å². The average molecular weight is 167 g/mol. The molecule has 7 nitrogen and oxygen atoms in total. The molecule has 2 rings (SSSR count). The molecule has 3 N–H and O–H groups in total. The highest BCUT2D eigenvalue weighted by Crippen LogP contribution is 1.91. The Labute approximate surface area is 65.0 Å². The smallest absolute Gasteiger partial charge is 0.262 e. The Morgan fingerprint density at radius 1 is 1.25 bits per heavy atom. The van der Waals surface area contributed by atoms with Gasteiger partial charge in [-0.25, -0.2) is 19.8 Å². The van der Waals surface area contributed by atoms with Crippen molar-refractivity contribution in [1.29, 1.82) is 0 Å². The molecular formula is C5H5N5O2. The first-order valence-corrected chi connectivity index (χ1v) is 3.18. The first-order valence-electron chi connectivity index (χ1n) is 3.18. The third-order valence-corrected chi connectivity index (χ3v) is 1.41. The molecule has 2 aromatic heterocycles. The van der Waals surface area contributed by atoms with Gasteiger partial charge in [-0.05, 0) is 0 Å². The second kappa shape index (κ2) is 2.22. The van der Waals surface area contributed by atoms with Crippen molar-refractivity contribution in [2.24, 2.45) is 0 Å². The van der Waals surface area contributed by atoms with E-state index in [1.165, 1.54) is 12.3 Å². The summed E-state index contributed by atoms with van der Waals surface area (Å²) in [7, 11) is 0. The fraction of sp³-hybridized carbons (Fsp3) is 0. The lowest BCUT2D eigenvalue weighted by Crippen LogP contribution is -2.24. The van der Waals surface area contributed by atoms with Gasteiger partial charge in [-0.2, -0.15) is 9.67 Å². The number of nitrogens with one attached hydrogen (secondary N) is 3. The topological polar surface area (TPSA) is 99.3 Å². The van der Waals surface area contributed by atoms with Gasteiger partial charge in [0, 0.05) is 6.07 Å². The van der Waals surface area contributed by atoms with Crippen LogP contribution in [-0.4, -0.2) is 25.0 Å². The summed E-state index contributed by atoms with van der Waals surface area (Å²) in [6, 6.07) is 1.52. The molecule has 0 unspecified atom stereocenters. The van der Waals surface area contributed by atoms with Crippen LogP contribution in [-0.2, 0) is 0 Å². The molecule has 0 bridgehead atoms. The fourth-order valence-corrected chi connectivity index (χ4v) is 0.903. The third kappa shape index (κ3) is 0.797. The van der Waals surface area contributed by atoms with Crippen LogP contribution in [0.25, 0.3) is 5.82 Å². The Balaban J connectivity index is 2.77. The molecule has 7 heteroatoms. The van der Waals surface area contributed by atoms with Crippen molar-refractivity contribution in [2.45, 2.75) is 0 Å². The zero-order valence-electron chi connectivity index (χ0n) is 5.87. The lowest BCUT2D eigenvalue weighted by molar-refractivity contribution is 0.890. The molecule has 0 aliphatic carbocycles. The molecule has 62 valence electrons. The quantitative estimate of drug-likeness (QED) is 0.485. The van der Waals surface area contributed by atoms with Crippen LogP contribution in [0.3, 0.4) is 0 Å². The molecule has 0 radical (unpaired) electrons. The van der Waals surface area contributed by atoms with E-state index in [0.717, 1.165) is 4.57 Å². The van der Waals surface area contributed by atoms with E-state index in [9.17, 15) is 9.59 Å². The Hall–Kier alpha value is -2.05. The molecule has 0 saturated heterocycles. The molecule has 2 heterocycles. The van der Waals surface area contributed by atoms with Crippen molar-refractivity contribution in [3.8, 4) is 5.82 Å².